The number of likely N-dealkylation sites (tertiary alicyclic amines) is 1. The fourth-order valence-electron chi connectivity index (χ4n) is 2.75. The molecule has 118 valence electrons. The molecule has 1 fully saturated rings. The molecule has 2 heterocycles. The molecule has 5 heteroatoms. The second kappa shape index (κ2) is 6.50. The van der Waals surface area contributed by atoms with Gasteiger partial charge in [-0.25, -0.2) is 0 Å². The van der Waals surface area contributed by atoms with E-state index in [-0.39, 0.29) is 0 Å². The number of benzene rings is 1. The maximum absolute atomic E-state index is 10.6. The van der Waals surface area contributed by atoms with E-state index in [1.165, 1.54) is 0 Å². The van der Waals surface area contributed by atoms with Crippen LogP contribution in [-0.2, 0) is 13.0 Å². The Morgan fingerprint density at radius 1 is 1.36 bits per heavy atom. The molecule has 1 aromatic carbocycles. The van der Waals surface area contributed by atoms with Gasteiger partial charge in [-0.15, -0.1) is 0 Å². The van der Waals surface area contributed by atoms with Gasteiger partial charge in [0.2, 0.25) is 0 Å². The smallest absolute Gasteiger partial charge is 0.150 e. The van der Waals surface area contributed by atoms with Crippen LogP contribution < -0.4 is 4.74 Å². The molecule has 0 bridgehead atoms. The van der Waals surface area contributed by atoms with E-state index in [0.29, 0.717) is 26.1 Å². The highest BCUT2D eigenvalue weighted by atomic mass is 16.5. The van der Waals surface area contributed by atoms with Crippen molar-refractivity contribution in [1.29, 1.82) is 0 Å². The van der Waals surface area contributed by atoms with Gasteiger partial charge in [0.15, 0.2) is 5.76 Å². The normalized spacial score (nSPS) is 22.1. The Bertz CT molecular complexity index is 599. The molecule has 1 N–H and O–H groups in total. The van der Waals surface area contributed by atoms with Gasteiger partial charge in [-0.1, -0.05) is 30.3 Å². The van der Waals surface area contributed by atoms with Crippen LogP contribution >= 0.6 is 0 Å². The lowest BCUT2D eigenvalue weighted by Crippen LogP contribution is -2.39. The molecule has 5 nitrogen and oxygen atoms in total. The van der Waals surface area contributed by atoms with Crippen LogP contribution in [0.2, 0.25) is 0 Å². The minimum absolute atomic E-state index is 0.310. The average Bonchev–Trinajstić information content (AvgIpc) is 3.14. The van der Waals surface area contributed by atoms with E-state index < -0.39 is 5.60 Å². The largest absolute Gasteiger partial charge is 0.491 e. The van der Waals surface area contributed by atoms with E-state index in [9.17, 15) is 5.11 Å². The first kappa shape index (κ1) is 15.1. The molecule has 3 rings (SSSR count). The van der Waals surface area contributed by atoms with Crippen molar-refractivity contribution in [2.45, 2.75) is 31.9 Å². The molecular formula is C17H22N2O3. The summed E-state index contributed by atoms with van der Waals surface area (Å²) >= 11 is 0. The van der Waals surface area contributed by atoms with Gasteiger partial charge < -0.3 is 14.4 Å². The van der Waals surface area contributed by atoms with Gasteiger partial charge in [0.1, 0.15) is 18.0 Å². The van der Waals surface area contributed by atoms with Crippen molar-refractivity contribution in [3.8, 4) is 5.75 Å². The van der Waals surface area contributed by atoms with Gasteiger partial charge in [-0.2, -0.15) is 0 Å². The number of aryl methyl sites for hydroxylation is 1. The Balaban J connectivity index is 1.52. The van der Waals surface area contributed by atoms with Crippen LogP contribution in [0.15, 0.2) is 40.9 Å². The number of ether oxygens (including phenoxy) is 1. The zero-order valence-electron chi connectivity index (χ0n) is 12.9. The Labute approximate surface area is 130 Å². The SMILES string of the molecule is CCc1cc(CN2CC[C@](O)(COc3ccccc3)C2)on1. The Morgan fingerprint density at radius 2 is 2.18 bits per heavy atom. The summed E-state index contributed by atoms with van der Waals surface area (Å²) in [5.41, 5.74) is 0.167. The Morgan fingerprint density at radius 3 is 2.91 bits per heavy atom. The van der Waals surface area contributed by atoms with Crippen molar-refractivity contribution in [2.75, 3.05) is 19.7 Å². The van der Waals surface area contributed by atoms with Gasteiger partial charge in [0.05, 0.1) is 12.2 Å². The van der Waals surface area contributed by atoms with E-state index in [1.54, 1.807) is 0 Å². The third-order valence-corrected chi connectivity index (χ3v) is 4.01. The highest BCUT2D eigenvalue weighted by molar-refractivity contribution is 5.21. The lowest BCUT2D eigenvalue weighted by atomic mass is 10.1. The molecule has 0 radical (unpaired) electrons. The summed E-state index contributed by atoms with van der Waals surface area (Å²) < 4.78 is 11.0. The number of nitrogens with zero attached hydrogens (tertiary/aromatic N) is 2. The quantitative estimate of drug-likeness (QED) is 0.887. The van der Waals surface area contributed by atoms with Crippen molar-refractivity contribution in [3.05, 3.63) is 47.9 Å². The zero-order valence-corrected chi connectivity index (χ0v) is 12.9. The molecule has 22 heavy (non-hydrogen) atoms. The van der Waals surface area contributed by atoms with E-state index in [4.69, 9.17) is 9.26 Å². The van der Waals surface area contributed by atoms with Crippen LogP contribution in [0.4, 0.5) is 0 Å². The number of aromatic nitrogens is 1. The summed E-state index contributed by atoms with van der Waals surface area (Å²) in [5.74, 6) is 1.64. The first-order chi connectivity index (χ1) is 10.7. The second-order valence-electron chi connectivity index (χ2n) is 5.92. The highest BCUT2D eigenvalue weighted by Crippen LogP contribution is 2.24. The van der Waals surface area contributed by atoms with E-state index in [2.05, 4.69) is 17.0 Å². The number of rotatable bonds is 6. The van der Waals surface area contributed by atoms with Crippen LogP contribution in [0.5, 0.6) is 5.75 Å². The number of aliphatic hydroxyl groups is 1. The van der Waals surface area contributed by atoms with Crippen LogP contribution in [0, 0.1) is 0 Å². The zero-order chi connectivity index (χ0) is 15.4. The molecule has 2 aromatic rings. The molecule has 1 aliphatic heterocycles. The predicted octanol–water partition coefficient (Wildman–Crippen LogP) is 2.25. The first-order valence-corrected chi connectivity index (χ1v) is 7.74. The van der Waals surface area contributed by atoms with Crippen LogP contribution in [-0.4, -0.2) is 40.5 Å². The molecule has 0 spiro atoms. The molecule has 0 aliphatic carbocycles. The number of hydrogen-bond acceptors (Lipinski definition) is 5. The van der Waals surface area contributed by atoms with Gasteiger partial charge in [0.25, 0.3) is 0 Å². The molecule has 1 aromatic heterocycles. The lowest BCUT2D eigenvalue weighted by molar-refractivity contribution is 0.00286. The maximum atomic E-state index is 10.6. The fraction of sp³-hybridized carbons (Fsp3) is 0.471. The molecular weight excluding hydrogens is 280 g/mol. The van der Waals surface area contributed by atoms with Gasteiger partial charge in [0, 0.05) is 19.2 Å². The molecule has 1 atom stereocenters. The Hall–Kier alpha value is -1.85. The minimum atomic E-state index is -0.802. The molecule has 1 saturated heterocycles. The average molecular weight is 302 g/mol. The summed E-state index contributed by atoms with van der Waals surface area (Å²) in [7, 11) is 0. The van der Waals surface area contributed by atoms with Crippen molar-refractivity contribution in [1.82, 2.24) is 10.1 Å². The molecule has 1 aliphatic rings. The summed E-state index contributed by atoms with van der Waals surface area (Å²) in [6.07, 6.45) is 1.58. The number of β-amino-alcohol motifs (C(OH)–C–C–N with tert-alkyl or cyclic N) is 1. The van der Waals surface area contributed by atoms with Crippen molar-refractivity contribution in [2.24, 2.45) is 0 Å². The maximum Gasteiger partial charge on any atom is 0.150 e. The molecule has 0 amide bonds. The van der Waals surface area contributed by atoms with Crippen LogP contribution in [0.3, 0.4) is 0 Å². The van der Waals surface area contributed by atoms with Crippen LogP contribution in [0.1, 0.15) is 24.8 Å². The lowest BCUT2D eigenvalue weighted by Gasteiger charge is -2.23. The molecule has 0 saturated carbocycles. The summed E-state index contributed by atoms with van der Waals surface area (Å²) in [6.45, 7) is 4.46. The number of para-hydroxylation sites is 1. The van der Waals surface area contributed by atoms with Crippen molar-refractivity contribution in [3.63, 3.8) is 0 Å². The molecule has 0 unspecified atom stereocenters. The monoisotopic (exact) mass is 302 g/mol. The van der Waals surface area contributed by atoms with Gasteiger partial charge in [-0.05, 0) is 25.0 Å². The summed E-state index contributed by atoms with van der Waals surface area (Å²) in [6, 6.07) is 11.6. The van der Waals surface area contributed by atoms with E-state index in [0.717, 1.165) is 30.2 Å². The first-order valence-electron chi connectivity index (χ1n) is 7.74. The van der Waals surface area contributed by atoms with Crippen LogP contribution in [0.25, 0.3) is 0 Å². The third-order valence-electron chi connectivity index (χ3n) is 4.01. The van der Waals surface area contributed by atoms with Gasteiger partial charge in [-0.3, -0.25) is 4.90 Å². The van der Waals surface area contributed by atoms with Crippen molar-refractivity contribution >= 4 is 0 Å². The van der Waals surface area contributed by atoms with Gasteiger partial charge >= 0.3 is 0 Å². The second-order valence-corrected chi connectivity index (χ2v) is 5.92. The fourth-order valence-corrected chi connectivity index (χ4v) is 2.75. The van der Waals surface area contributed by atoms with E-state index >= 15 is 0 Å². The highest BCUT2D eigenvalue weighted by Gasteiger charge is 2.37. The minimum Gasteiger partial charge on any atom is -0.491 e. The van der Waals surface area contributed by atoms with Crippen molar-refractivity contribution < 1.29 is 14.4 Å². The number of hydrogen-bond donors (Lipinski definition) is 1. The third kappa shape index (κ3) is 3.67. The topological polar surface area (TPSA) is 58.7 Å². The summed E-state index contributed by atoms with van der Waals surface area (Å²) in [5, 5.41) is 14.6. The van der Waals surface area contributed by atoms with E-state index in [1.807, 2.05) is 36.4 Å². The Kier molecular flexibility index (Phi) is 4.45. The summed E-state index contributed by atoms with van der Waals surface area (Å²) in [4.78, 5) is 2.17. The standard InChI is InChI=1S/C17H22N2O3/c1-2-14-10-16(22-18-14)11-19-9-8-17(20,12-19)13-21-15-6-4-3-5-7-15/h3-7,10,20H,2,8-9,11-13H2,1H3/t17-/m1/s1. The predicted molar refractivity (Wildman–Crippen MR) is 82.7 cm³/mol.